The second-order valence-electron chi connectivity index (χ2n) is 3.36. The predicted octanol–water partition coefficient (Wildman–Crippen LogP) is 0.194. The smallest absolute Gasteiger partial charge is 0.0862 e. The number of hydrogen-bond donors (Lipinski definition) is 1. The van der Waals surface area contributed by atoms with Crippen molar-refractivity contribution in [3.63, 3.8) is 0 Å². The zero-order valence-electron chi connectivity index (χ0n) is 7.32. The fourth-order valence-electron chi connectivity index (χ4n) is 2.02. The zero-order chi connectivity index (χ0) is 8.55. The normalized spacial score (nSPS) is 21.3. The van der Waals surface area contributed by atoms with Crippen LogP contribution in [0.3, 0.4) is 0 Å². The monoisotopic (exact) mass is 166 g/mol. The van der Waals surface area contributed by atoms with Gasteiger partial charge in [-0.3, -0.25) is 4.68 Å². The lowest BCUT2D eigenvalue weighted by Crippen LogP contribution is -2.08. The average Bonchev–Trinajstić information content (AvgIpc) is 2.58. The number of rotatable bonds is 2. The molecule has 1 aromatic rings. The molecule has 1 heterocycles. The lowest BCUT2D eigenvalue weighted by Gasteiger charge is -2.08. The summed E-state index contributed by atoms with van der Waals surface area (Å²) in [6.07, 6.45) is 3.34. The van der Waals surface area contributed by atoms with Gasteiger partial charge < -0.3 is 5.73 Å². The predicted molar refractivity (Wildman–Crippen MR) is 45.7 cm³/mol. The van der Waals surface area contributed by atoms with E-state index in [1.807, 2.05) is 11.7 Å². The van der Waals surface area contributed by atoms with Crippen LogP contribution in [-0.2, 0) is 13.5 Å². The van der Waals surface area contributed by atoms with Gasteiger partial charge in [-0.1, -0.05) is 5.21 Å². The highest BCUT2D eigenvalue weighted by Gasteiger charge is 2.26. The molecule has 1 unspecified atom stereocenters. The Kier molecular flexibility index (Phi) is 1.84. The highest BCUT2D eigenvalue weighted by Crippen LogP contribution is 2.32. The molecule has 0 fully saturated rings. The standard InChI is InChI=1S/C8H14N4/c1-12-8-6(4-5-9)2-3-7(8)10-11-12/h6H,2-5,9H2,1H3. The van der Waals surface area contributed by atoms with Gasteiger partial charge in [0.2, 0.25) is 0 Å². The van der Waals surface area contributed by atoms with Crippen molar-refractivity contribution >= 4 is 0 Å². The number of nitrogens with zero attached hydrogens (tertiary/aromatic N) is 3. The minimum Gasteiger partial charge on any atom is -0.330 e. The molecule has 2 N–H and O–H groups in total. The summed E-state index contributed by atoms with van der Waals surface area (Å²) < 4.78 is 1.89. The Hall–Kier alpha value is -0.900. The van der Waals surface area contributed by atoms with Gasteiger partial charge in [-0.05, 0) is 25.8 Å². The molecule has 2 rings (SSSR count). The second-order valence-corrected chi connectivity index (χ2v) is 3.36. The summed E-state index contributed by atoms with van der Waals surface area (Å²) in [4.78, 5) is 0. The summed E-state index contributed by atoms with van der Waals surface area (Å²) in [7, 11) is 1.96. The second kappa shape index (κ2) is 2.86. The van der Waals surface area contributed by atoms with Crippen molar-refractivity contribution in [2.75, 3.05) is 6.54 Å². The summed E-state index contributed by atoms with van der Waals surface area (Å²) in [5.74, 6) is 0.602. The van der Waals surface area contributed by atoms with Gasteiger partial charge >= 0.3 is 0 Å². The first-order valence-electron chi connectivity index (χ1n) is 4.41. The Labute approximate surface area is 71.8 Å². The fraction of sp³-hybridized carbons (Fsp3) is 0.750. The van der Waals surface area contributed by atoms with Crippen LogP contribution in [0.5, 0.6) is 0 Å². The van der Waals surface area contributed by atoms with Crippen LogP contribution in [0.1, 0.15) is 30.1 Å². The van der Waals surface area contributed by atoms with Crippen LogP contribution in [0.25, 0.3) is 0 Å². The SMILES string of the molecule is Cn1nnc2c1C(CCN)CC2. The lowest BCUT2D eigenvalue weighted by atomic mass is 10.0. The number of hydrogen-bond acceptors (Lipinski definition) is 3. The molecule has 0 aliphatic heterocycles. The topological polar surface area (TPSA) is 56.7 Å². The number of fused-ring (bicyclic) bond motifs is 1. The lowest BCUT2D eigenvalue weighted by molar-refractivity contribution is 0.558. The molecule has 4 nitrogen and oxygen atoms in total. The molecule has 66 valence electrons. The van der Waals surface area contributed by atoms with Gasteiger partial charge in [-0.15, -0.1) is 5.10 Å². The molecule has 0 saturated carbocycles. The quantitative estimate of drug-likeness (QED) is 0.682. The molecule has 0 radical (unpaired) electrons. The van der Waals surface area contributed by atoms with Crippen LogP contribution in [-0.4, -0.2) is 21.5 Å². The number of aryl methyl sites for hydroxylation is 2. The van der Waals surface area contributed by atoms with Crippen LogP contribution in [0.4, 0.5) is 0 Å². The zero-order valence-corrected chi connectivity index (χ0v) is 7.32. The van der Waals surface area contributed by atoms with Crippen molar-refractivity contribution < 1.29 is 0 Å². The van der Waals surface area contributed by atoms with Crippen molar-refractivity contribution in [2.45, 2.75) is 25.2 Å². The van der Waals surface area contributed by atoms with Gasteiger partial charge in [0.1, 0.15) is 0 Å². The Morgan fingerprint density at radius 3 is 3.25 bits per heavy atom. The van der Waals surface area contributed by atoms with E-state index in [1.54, 1.807) is 0 Å². The van der Waals surface area contributed by atoms with Gasteiger partial charge in [0.25, 0.3) is 0 Å². The van der Waals surface area contributed by atoms with Crippen LogP contribution in [0.2, 0.25) is 0 Å². The minimum absolute atomic E-state index is 0.602. The highest BCUT2D eigenvalue weighted by molar-refractivity contribution is 5.21. The molecule has 0 saturated heterocycles. The maximum atomic E-state index is 5.53. The number of nitrogens with two attached hydrogens (primary N) is 1. The van der Waals surface area contributed by atoms with E-state index in [-0.39, 0.29) is 0 Å². The van der Waals surface area contributed by atoms with E-state index in [1.165, 1.54) is 17.8 Å². The maximum Gasteiger partial charge on any atom is 0.0862 e. The van der Waals surface area contributed by atoms with E-state index in [0.717, 1.165) is 19.4 Å². The molecule has 1 atom stereocenters. The summed E-state index contributed by atoms with van der Waals surface area (Å²) in [6.45, 7) is 0.759. The Morgan fingerprint density at radius 2 is 2.50 bits per heavy atom. The van der Waals surface area contributed by atoms with Crippen LogP contribution < -0.4 is 5.73 Å². The van der Waals surface area contributed by atoms with Crippen LogP contribution in [0.15, 0.2) is 0 Å². The van der Waals surface area contributed by atoms with E-state index >= 15 is 0 Å². The molecule has 1 aliphatic rings. The molecular formula is C8H14N4. The van der Waals surface area contributed by atoms with Crippen molar-refractivity contribution in [1.82, 2.24) is 15.0 Å². The third-order valence-corrected chi connectivity index (χ3v) is 2.58. The summed E-state index contributed by atoms with van der Waals surface area (Å²) in [5.41, 5.74) is 8.02. The first-order valence-corrected chi connectivity index (χ1v) is 4.41. The molecule has 4 heteroatoms. The van der Waals surface area contributed by atoms with E-state index in [9.17, 15) is 0 Å². The average molecular weight is 166 g/mol. The molecule has 0 bridgehead atoms. The van der Waals surface area contributed by atoms with Gasteiger partial charge in [0.05, 0.1) is 11.4 Å². The molecule has 12 heavy (non-hydrogen) atoms. The third-order valence-electron chi connectivity index (χ3n) is 2.58. The van der Waals surface area contributed by atoms with E-state index in [2.05, 4.69) is 10.3 Å². The Balaban J connectivity index is 2.27. The first-order chi connectivity index (χ1) is 5.83. The van der Waals surface area contributed by atoms with E-state index in [0.29, 0.717) is 5.92 Å². The van der Waals surface area contributed by atoms with E-state index < -0.39 is 0 Å². The van der Waals surface area contributed by atoms with Gasteiger partial charge in [0, 0.05) is 13.0 Å². The Bertz CT molecular complexity index is 279. The molecule has 1 aromatic heterocycles. The Morgan fingerprint density at radius 1 is 1.67 bits per heavy atom. The van der Waals surface area contributed by atoms with Gasteiger partial charge in [-0.25, -0.2) is 0 Å². The minimum atomic E-state index is 0.602. The summed E-state index contributed by atoms with van der Waals surface area (Å²) >= 11 is 0. The van der Waals surface area contributed by atoms with Crippen molar-refractivity contribution in [3.8, 4) is 0 Å². The molecule has 0 spiro atoms. The highest BCUT2D eigenvalue weighted by atomic mass is 15.4. The molecular weight excluding hydrogens is 152 g/mol. The van der Waals surface area contributed by atoms with Gasteiger partial charge in [0.15, 0.2) is 0 Å². The van der Waals surface area contributed by atoms with Crippen LogP contribution in [0, 0.1) is 0 Å². The summed E-state index contributed by atoms with van der Waals surface area (Å²) in [5, 5.41) is 8.10. The summed E-state index contributed by atoms with van der Waals surface area (Å²) in [6, 6.07) is 0. The molecule has 0 amide bonds. The van der Waals surface area contributed by atoms with Crippen molar-refractivity contribution in [1.29, 1.82) is 0 Å². The molecule has 1 aliphatic carbocycles. The third kappa shape index (κ3) is 1.03. The first kappa shape index (κ1) is 7.73. The number of aromatic nitrogens is 3. The van der Waals surface area contributed by atoms with Crippen LogP contribution >= 0.6 is 0 Å². The van der Waals surface area contributed by atoms with E-state index in [4.69, 9.17) is 5.73 Å². The largest absolute Gasteiger partial charge is 0.330 e. The fourth-order valence-corrected chi connectivity index (χ4v) is 2.02. The van der Waals surface area contributed by atoms with Crippen molar-refractivity contribution in [2.24, 2.45) is 12.8 Å². The van der Waals surface area contributed by atoms with Crippen molar-refractivity contribution in [3.05, 3.63) is 11.4 Å². The molecule has 0 aromatic carbocycles. The van der Waals surface area contributed by atoms with Gasteiger partial charge in [-0.2, -0.15) is 0 Å². The maximum absolute atomic E-state index is 5.53.